The maximum absolute atomic E-state index is 4.93. The second-order valence-corrected chi connectivity index (χ2v) is 9.26. The van der Waals surface area contributed by atoms with Crippen molar-refractivity contribution in [1.82, 2.24) is 9.97 Å². The molecule has 0 aliphatic rings. The molecule has 0 radical (unpaired) electrons. The fourth-order valence-corrected chi connectivity index (χ4v) is 4.67. The Morgan fingerprint density at radius 2 is 1.04 bits per heavy atom. The third kappa shape index (κ3) is 5.13. The molecular formula is C24H30Br2N2. The smallest absolute Gasteiger partial charge is 0.106 e. The average Bonchev–Trinajstić information content (AvgIpc) is 2.69. The van der Waals surface area contributed by atoms with Crippen molar-refractivity contribution in [2.75, 3.05) is 0 Å². The number of fused-ring (bicyclic) bond motifs is 3. The van der Waals surface area contributed by atoms with Crippen LogP contribution in [-0.2, 0) is 12.8 Å². The molecule has 0 amide bonds. The summed E-state index contributed by atoms with van der Waals surface area (Å²) in [5, 5.41) is 2.45. The zero-order valence-electron chi connectivity index (χ0n) is 17.0. The lowest BCUT2D eigenvalue weighted by molar-refractivity contribution is 0.653. The topological polar surface area (TPSA) is 25.8 Å². The van der Waals surface area contributed by atoms with Gasteiger partial charge in [-0.3, -0.25) is 0 Å². The summed E-state index contributed by atoms with van der Waals surface area (Å²) in [4.78, 5) is 9.86. The molecule has 0 atom stereocenters. The van der Waals surface area contributed by atoms with E-state index in [1.54, 1.807) is 0 Å². The van der Waals surface area contributed by atoms with Gasteiger partial charge in [-0.1, -0.05) is 52.4 Å². The van der Waals surface area contributed by atoms with Gasteiger partial charge in [0.2, 0.25) is 0 Å². The fraction of sp³-hybridized carbons (Fsp3) is 0.500. The molecule has 0 spiro atoms. The van der Waals surface area contributed by atoms with Crippen LogP contribution in [0.2, 0.25) is 0 Å². The van der Waals surface area contributed by atoms with E-state index in [0.29, 0.717) is 0 Å². The highest BCUT2D eigenvalue weighted by Crippen LogP contribution is 2.35. The molecule has 0 saturated carbocycles. The second-order valence-electron chi connectivity index (χ2n) is 7.64. The summed E-state index contributed by atoms with van der Waals surface area (Å²) in [6.07, 6.45) is 12.3. The maximum atomic E-state index is 4.93. The molecular weight excluding hydrogens is 476 g/mol. The molecule has 0 aliphatic carbocycles. The Bertz CT molecular complexity index is 860. The van der Waals surface area contributed by atoms with Crippen LogP contribution in [0.3, 0.4) is 0 Å². The van der Waals surface area contributed by atoms with Gasteiger partial charge in [0.05, 0.1) is 11.0 Å². The lowest BCUT2D eigenvalue weighted by Crippen LogP contribution is -2.02. The Kier molecular flexibility index (Phi) is 8.28. The van der Waals surface area contributed by atoms with E-state index < -0.39 is 0 Å². The minimum Gasteiger partial charge on any atom is -0.241 e. The minimum atomic E-state index is 0.913. The number of benzene rings is 1. The van der Waals surface area contributed by atoms with Crippen LogP contribution in [0.15, 0.2) is 33.5 Å². The van der Waals surface area contributed by atoms with Crippen LogP contribution in [-0.4, -0.2) is 9.97 Å². The van der Waals surface area contributed by atoms with Gasteiger partial charge < -0.3 is 0 Å². The van der Waals surface area contributed by atoms with E-state index in [9.17, 15) is 0 Å². The van der Waals surface area contributed by atoms with Crippen molar-refractivity contribution in [2.45, 2.75) is 78.1 Å². The largest absolute Gasteiger partial charge is 0.241 e. The van der Waals surface area contributed by atoms with Gasteiger partial charge in [-0.15, -0.1) is 0 Å². The summed E-state index contributed by atoms with van der Waals surface area (Å²) in [6, 6.07) is 8.48. The van der Waals surface area contributed by atoms with Crippen LogP contribution < -0.4 is 0 Å². The highest BCUT2D eigenvalue weighted by Gasteiger charge is 2.17. The van der Waals surface area contributed by atoms with E-state index in [1.165, 1.54) is 73.3 Å². The summed E-state index contributed by atoms with van der Waals surface area (Å²) in [5.41, 5.74) is 5.16. The van der Waals surface area contributed by atoms with Crippen molar-refractivity contribution in [3.8, 4) is 0 Å². The van der Waals surface area contributed by atoms with Gasteiger partial charge >= 0.3 is 0 Å². The van der Waals surface area contributed by atoms with Crippen molar-refractivity contribution in [3.63, 3.8) is 0 Å². The molecule has 2 aromatic heterocycles. The standard InChI is InChI=1S/C24H30Br2N2/c1-3-5-7-9-11-17-18(12-10-8-6-4-2)24-20(14-16-22(26)28-24)19-13-15-21(25)27-23(17)19/h13-16H,3-12H2,1-2H3. The van der Waals surface area contributed by atoms with E-state index in [2.05, 4.69) is 57.8 Å². The normalized spacial score (nSPS) is 11.6. The number of aromatic nitrogens is 2. The Morgan fingerprint density at radius 3 is 1.43 bits per heavy atom. The summed E-state index contributed by atoms with van der Waals surface area (Å²) in [7, 11) is 0. The molecule has 2 nitrogen and oxygen atoms in total. The van der Waals surface area contributed by atoms with E-state index in [4.69, 9.17) is 9.97 Å². The lowest BCUT2D eigenvalue weighted by atomic mass is 9.91. The molecule has 0 bridgehead atoms. The molecule has 0 unspecified atom stereocenters. The summed E-state index contributed by atoms with van der Waals surface area (Å²) in [5.74, 6) is 0. The van der Waals surface area contributed by atoms with E-state index >= 15 is 0 Å². The molecule has 4 heteroatoms. The van der Waals surface area contributed by atoms with Gasteiger partial charge in [-0.2, -0.15) is 0 Å². The fourth-order valence-electron chi connectivity index (χ4n) is 4.05. The van der Waals surface area contributed by atoms with Crippen molar-refractivity contribution < 1.29 is 0 Å². The van der Waals surface area contributed by atoms with Crippen molar-refractivity contribution in [1.29, 1.82) is 0 Å². The zero-order chi connectivity index (χ0) is 19.9. The molecule has 28 heavy (non-hydrogen) atoms. The molecule has 0 N–H and O–H groups in total. The molecule has 1 aromatic carbocycles. The van der Waals surface area contributed by atoms with Crippen molar-refractivity contribution in [2.24, 2.45) is 0 Å². The predicted octanol–water partition coefficient (Wildman–Crippen LogP) is 8.55. The van der Waals surface area contributed by atoms with E-state index in [-0.39, 0.29) is 0 Å². The quantitative estimate of drug-likeness (QED) is 0.156. The SMILES string of the molecule is CCCCCCc1c(CCCCCC)c2nc(Br)ccc2c2ccc(Br)nc12. The van der Waals surface area contributed by atoms with Crippen LogP contribution in [0.1, 0.15) is 76.3 Å². The number of pyridine rings is 2. The molecule has 3 aromatic rings. The minimum absolute atomic E-state index is 0.913. The van der Waals surface area contributed by atoms with Gasteiger partial charge in [0.1, 0.15) is 9.21 Å². The zero-order valence-corrected chi connectivity index (χ0v) is 20.2. The van der Waals surface area contributed by atoms with Crippen LogP contribution in [0.5, 0.6) is 0 Å². The highest BCUT2D eigenvalue weighted by molar-refractivity contribution is 9.10. The monoisotopic (exact) mass is 504 g/mol. The van der Waals surface area contributed by atoms with Gasteiger partial charge in [-0.25, -0.2) is 9.97 Å². The average molecular weight is 506 g/mol. The van der Waals surface area contributed by atoms with Crippen LogP contribution in [0.25, 0.3) is 21.8 Å². The summed E-state index contributed by atoms with van der Waals surface area (Å²) >= 11 is 7.20. The molecule has 0 aliphatic heterocycles. The lowest BCUT2D eigenvalue weighted by Gasteiger charge is -2.17. The summed E-state index contributed by atoms with van der Waals surface area (Å²) in [6.45, 7) is 4.54. The summed E-state index contributed by atoms with van der Waals surface area (Å²) < 4.78 is 1.83. The first kappa shape index (κ1) is 21.7. The second kappa shape index (κ2) is 10.7. The maximum Gasteiger partial charge on any atom is 0.106 e. The molecule has 0 fully saturated rings. The third-order valence-corrected chi connectivity index (χ3v) is 6.39. The van der Waals surface area contributed by atoms with Gasteiger partial charge in [0.25, 0.3) is 0 Å². The molecule has 3 rings (SSSR count). The predicted molar refractivity (Wildman–Crippen MR) is 128 cm³/mol. The first-order valence-electron chi connectivity index (χ1n) is 10.7. The number of hydrogen-bond acceptors (Lipinski definition) is 2. The Labute approximate surface area is 185 Å². The number of rotatable bonds is 10. The van der Waals surface area contributed by atoms with Crippen LogP contribution in [0, 0.1) is 0 Å². The van der Waals surface area contributed by atoms with Crippen molar-refractivity contribution in [3.05, 3.63) is 44.6 Å². The number of unbranched alkanes of at least 4 members (excludes halogenated alkanes) is 6. The number of aryl methyl sites for hydroxylation is 2. The number of hydrogen-bond donors (Lipinski definition) is 0. The first-order chi connectivity index (χ1) is 13.7. The van der Waals surface area contributed by atoms with Gasteiger partial charge in [0, 0.05) is 10.8 Å². The Balaban J connectivity index is 2.14. The Hall–Kier alpha value is -1.000. The van der Waals surface area contributed by atoms with Crippen LogP contribution >= 0.6 is 31.9 Å². The Morgan fingerprint density at radius 1 is 0.607 bits per heavy atom. The van der Waals surface area contributed by atoms with Gasteiger partial charge in [0.15, 0.2) is 0 Å². The van der Waals surface area contributed by atoms with E-state index in [0.717, 1.165) is 33.1 Å². The number of nitrogens with zero attached hydrogens (tertiary/aromatic N) is 2. The van der Waals surface area contributed by atoms with Gasteiger partial charge in [-0.05, 0) is 92.9 Å². The number of halogens is 2. The molecule has 150 valence electrons. The highest BCUT2D eigenvalue weighted by atomic mass is 79.9. The molecule has 0 saturated heterocycles. The first-order valence-corrected chi connectivity index (χ1v) is 12.3. The van der Waals surface area contributed by atoms with Crippen LogP contribution in [0.4, 0.5) is 0 Å². The van der Waals surface area contributed by atoms with Crippen molar-refractivity contribution >= 4 is 53.7 Å². The molecule has 2 heterocycles. The third-order valence-electron chi connectivity index (χ3n) is 5.51. The van der Waals surface area contributed by atoms with E-state index in [1.807, 2.05) is 12.1 Å².